The maximum atomic E-state index is 6.27. The number of nitrogens with zero attached hydrogens (tertiary/aromatic N) is 1. The fourth-order valence-electron chi connectivity index (χ4n) is 3.27. The summed E-state index contributed by atoms with van der Waals surface area (Å²) in [5.74, 6) is 0. The van der Waals surface area contributed by atoms with Gasteiger partial charge in [-0.15, -0.1) is 0 Å². The van der Waals surface area contributed by atoms with Gasteiger partial charge in [0.2, 0.25) is 0 Å². The van der Waals surface area contributed by atoms with Gasteiger partial charge in [-0.3, -0.25) is 0 Å². The van der Waals surface area contributed by atoms with Crippen LogP contribution in [0.15, 0.2) is 31.0 Å². The van der Waals surface area contributed by atoms with Crippen LogP contribution in [0, 0.1) is 0 Å². The number of likely N-dealkylation sites (N-methyl/N-ethyl adjacent to an activating group) is 1. The van der Waals surface area contributed by atoms with E-state index >= 15 is 0 Å². The van der Waals surface area contributed by atoms with Gasteiger partial charge in [-0.25, -0.2) is 0 Å². The molecule has 1 heterocycles. The second-order valence-electron chi connectivity index (χ2n) is 6.00. The van der Waals surface area contributed by atoms with Crippen molar-refractivity contribution in [2.75, 3.05) is 17.7 Å². The quantitative estimate of drug-likeness (QED) is 0.803. The van der Waals surface area contributed by atoms with Crippen molar-refractivity contribution in [3.63, 3.8) is 0 Å². The molecule has 0 amide bonds. The highest BCUT2D eigenvalue weighted by Gasteiger charge is 2.40. The van der Waals surface area contributed by atoms with Gasteiger partial charge in [0.15, 0.2) is 0 Å². The zero-order chi connectivity index (χ0) is 15.1. The Kier molecular flexibility index (Phi) is 3.68. The number of nitrogens with two attached hydrogens (primary N) is 1. The third kappa shape index (κ3) is 1.94. The molecule has 1 aliphatic heterocycles. The summed E-state index contributed by atoms with van der Waals surface area (Å²) < 4.78 is 0. The molecule has 1 aliphatic rings. The molecule has 20 heavy (non-hydrogen) atoms. The molecule has 0 radical (unpaired) electrons. The Balaban J connectivity index is 2.63. The molecule has 0 aromatic heterocycles. The lowest BCUT2D eigenvalue weighted by molar-refractivity contribution is 0.514. The highest BCUT2D eigenvalue weighted by atomic mass is 15.2. The van der Waals surface area contributed by atoms with Gasteiger partial charge in [0, 0.05) is 35.1 Å². The standard InChI is InChI=1S/C18H26N2/c1-7-9-18(5)13(4)20(6)17-10-14(12(3)8-2)16(19)11-15(17)18/h10-11H,3-4,7-9,19H2,1-2,5-6H3. The van der Waals surface area contributed by atoms with E-state index in [1.165, 1.54) is 11.3 Å². The van der Waals surface area contributed by atoms with E-state index in [0.29, 0.717) is 0 Å². The summed E-state index contributed by atoms with van der Waals surface area (Å²) in [4.78, 5) is 2.21. The first-order chi connectivity index (χ1) is 9.36. The fourth-order valence-corrected chi connectivity index (χ4v) is 3.27. The topological polar surface area (TPSA) is 29.3 Å². The van der Waals surface area contributed by atoms with Gasteiger partial charge >= 0.3 is 0 Å². The van der Waals surface area contributed by atoms with Gasteiger partial charge in [0.05, 0.1) is 0 Å². The second kappa shape index (κ2) is 5.01. The number of allylic oxidation sites excluding steroid dienone is 2. The molecule has 2 N–H and O–H groups in total. The minimum Gasteiger partial charge on any atom is -0.398 e. The summed E-state index contributed by atoms with van der Waals surface area (Å²) in [6.45, 7) is 15.0. The molecule has 1 aromatic rings. The molecule has 2 rings (SSSR count). The highest BCUT2D eigenvalue weighted by Crippen LogP contribution is 2.50. The van der Waals surface area contributed by atoms with Crippen LogP contribution in [-0.4, -0.2) is 7.05 Å². The van der Waals surface area contributed by atoms with Crippen molar-refractivity contribution in [1.82, 2.24) is 0 Å². The molecular formula is C18H26N2. The Morgan fingerprint density at radius 2 is 2.00 bits per heavy atom. The van der Waals surface area contributed by atoms with Crippen LogP contribution in [-0.2, 0) is 5.41 Å². The SMILES string of the molecule is C=C(CC)c1cc2c(cc1N)C(C)(CCC)C(=C)N2C. The van der Waals surface area contributed by atoms with Crippen LogP contribution < -0.4 is 10.6 Å². The average Bonchev–Trinajstić information content (AvgIpc) is 2.60. The van der Waals surface area contributed by atoms with Crippen LogP contribution in [0.2, 0.25) is 0 Å². The smallest absolute Gasteiger partial charge is 0.0455 e. The molecule has 2 heteroatoms. The molecule has 1 atom stereocenters. The molecule has 0 fully saturated rings. The minimum atomic E-state index is -0.000961. The van der Waals surface area contributed by atoms with Gasteiger partial charge in [-0.1, -0.05) is 33.4 Å². The predicted octanol–water partition coefficient (Wildman–Crippen LogP) is 4.71. The van der Waals surface area contributed by atoms with Crippen molar-refractivity contribution >= 4 is 16.9 Å². The second-order valence-corrected chi connectivity index (χ2v) is 6.00. The highest BCUT2D eigenvalue weighted by molar-refractivity contribution is 5.82. The van der Waals surface area contributed by atoms with Crippen LogP contribution in [0.25, 0.3) is 5.57 Å². The predicted molar refractivity (Wildman–Crippen MR) is 90.0 cm³/mol. The fraction of sp³-hybridized carbons (Fsp3) is 0.444. The molecule has 0 bridgehead atoms. The van der Waals surface area contributed by atoms with E-state index in [4.69, 9.17) is 5.73 Å². The first-order valence-corrected chi connectivity index (χ1v) is 7.42. The number of hydrogen-bond donors (Lipinski definition) is 1. The Morgan fingerprint density at radius 1 is 1.35 bits per heavy atom. The molecule has 0 spiro atoms. The molecule has 0 saturated heterocycles. The Morgan fingerprint density at radius 3 is 2.55 bits per heavy atom. The number of benzene rings is 1. The molecular weight excluding hydrogens is 244 g/mol. The maximum Gasteiger partial charge on any atom is 0.0455 e. The van der Waals surface area contributed by atoms with Crippen LogP contribution >= 0.6 is 0 Å². The van der Waals surface area contributed by atoms with E-state index in [1.807, 2.05) is 0 Å². The number of rotatable bonds is 4. The zero-order valence-corrected chi connectivity index (χ0v) is 13.2. The van der Waals surface area contributed by atoms with Gasteiger partial charge in [-0.2, -0.15) is 0 Å². The normalized spacial score (nSPS) is 21.2. The zero-order valence-electron chi connectivity index (χ0n) is 13.2. The van der Waals surface area contributed by atoms with Crippen LogP contribution in [0.4, 0.5) is 11.4 Å². The average molecular weight is 270 g/mol. The molecule has 1 unspecified atom stereocenters. The van der Waals surface area contributed by atoms with Crippen LogP contribution in [0.5, 0.6) is 0 Å². The largest absolute Gasteiger partial charge is 0.398 e. The summed E-state index contributed by atoms with van der Waals surface area (Å²) in [5, 5.41) is 0. The number of fused-ring (bicyclic) bond motifs is 1. The summed E-state index contributed by atoms with van der Waals surface area (Å²) >= 11 is 0. The Bertz CT molecular complexity index is 571. The molecule has 0 aliphatic carbocycles. The summed E-state index contributed by atoms with van der Waals surface area (Å²) in [6, 6.07) is 4.32. The van der Waals surface area contributed by atoms with E-state index < -0.39 is 0 Å². The van der Waals surface area contributed by atoms with E-state index in [-0.39, 0.29) is 5.41 Å². The van der Waals surface area contributed by atoms with Crippen LogP contribution in [0.3, 0.4) is 0 Å². The molecule has 1 aromatic carbocycles. The lowest BCUT2D eigenvalue weighted by atomic mass is 9.77. The van der Waals surface area contributed by atoms with Gasteiger partial charge < -0.3 is 10.6 Å². The Hall–Kier alpha value is -1.70. The van der Waals surface area contributed by atoms with Crippen molar-refractivity contribution in [3.8, 4) is 0 Å². The van der Waals surface area contributed by atoms with Crippen molar-refractivity contribution in [1.29, 1.82) is 0 Å². The van der Waals surface area contributed by atoms with Gasteiger partial charge in [0.1, 0.15) is 0 Å². The first-order valence-electron chi connectivity index (χ1n) is 7.42. The maximum absolute atomic E-state index is 6.27. The van der Waals surface area contributed by atoms with Crippen molar-refractivity contribution in [2.24, 2.45) is 0 Å². The van der Waals surface area contributed by atoms with E-state index in [2.05, 4.69) is 58.0 Å². The molecule has 2 nitrogen and oxygen atoms in total. The third-order valence-electron chi connectivity index (χ3n) is 4.72. The summed E-state index contributed by atoms with van der Waals surface area (Å²) in [5.41, 5.74) is 13.0. The number of anilines is 2. The third-order valence-corrected chi connectivity index (χ3v) is 4.72. The van der Waals surface area contributed by atoms with Crippen LogP contribution in [0.1, 0.15) is 51.2 Å². The van der Waals surface area contributed by atoms with E-state index in [1.54, 1.807) is 0 Å². The lowest BCUT2D eigenvalue weighted by Gasteiger charge is -2.27. The lowest BCUT2D eigenvalue weighted by Crippen LogP contribution is -2.25. The number of hydrogen-bond acceptors (Lipinski definition) is 2. The van der Waals surface area contributed by atoms with E-state index in [0.717, 1.165) is 41.8 Å². The van der Waals surface area contributed by atoms with Gasteiger partial charge in [0.25, 0.3) is 0 Å². The van der Waals surface area contributed by atoms with Crippen molar-refractivity contribution in [3.05, 3.63) is 42.1 Å². The van der Waals surface area contributed by atoms with Crippen molar-refractivity contribution in [2.45, 2.75) is 45.4 Å². The summed E-state index contributed by atoms with van der Waals surface area (Å²) in [7, 11) is 2.09. The first kappa shape index (κ1) is 14.7. The van der Waals surface area contributed by atoms with Crippen molar-refractivity contribution < 1.29 is 0 Å². The van der Waals surface area contributed by atoms with E-state index in [9.17, 15) is 0 Å². The summed E-state index contributed by atoms with van der Waals surface area (Å²) in [6.07, 6.45) is 3.14. The minimum absolute atomic E-state index is 0.000961. The monoisotopic (exact) mass is 270 g/mol. The molecule has 108 valence electrons. The Labute approximate surface area is 123 Å². The van der Waals surface area contributed by atoms with Gasteiger partial charge in [-0.05, 0) is 43.0 Å². The number of nitrogen functional groups attached to an aromatic ring is 1. The molecule has 0 saturated carbocycles.